The Morgan fingerprint density at radius 3 is 2.77 bits per heavy atom. The zero-order valence-electron chi connectivity index (χ0n) is 19.7. The van der Waals surface area contributed by atoms with E-state index in [2.05, 4.69) is 25.6 Å². The van der Waals surface area contributed by atoms with Gasteiger partial charge in [-0.1, -0.05) is 0 Å². The molecule has 1 aliphatic carbocycles. The maximum Gasteiger partial charge on any atom is 0.263 e. The molecule has 186 valence electrons. The van der Waals surface area contributed by atoms with E-state index in [4.69, 9.17) is 0 Å². The van der Waals surface area contributed by atoms with Gasteiger partial charge in [-0.3, -0.25) is 9.59 Å². The summed E-state index contributed by atoms with van der Waals surface area (Å²) in [6, 6.07) is 2.20. The first-order valence-electron chi connectivity index (χ1n) is 11.9. The highest BCUT2D eigenvalue weighted by Gasteiger charge is 2.43. The molecule has 1 unspecified atom stereocenters. The minimum atomic E-state index is -0.963. The van der Waals surface area contributed by atoms with Gasteiger partial charge in [0.1, 0.15) is 28.3 Å². The standard InChI is InChI=1S/C24H29FN6O3S/c1-12-20(22(33)27-6-4-25)35-23(29-12)18-9-28-21-17(3-5-26-21)19(18)30-16-7-14-10-31(11-15(14)8-16)24(34)13(2)32/h3,5,9,13-16,32H,4,6-8,10-11H2,1-2H3,(H,27,33)(H2,26,28,30)/t13-,14-,15+,16?/m0/s1. The summed E-state index contributed by atoms with van der Waals surface area (Å²) in [5.74, 6) is 0.277. The van der Waals surface area contributed by atoms with E-state index in [-0.39, 0.29) is 24.4 Å². The molecule has 1 saturated heterocycles. The fourth-order valence-electron chi connectivity index (χ4n) is 5.35. The molecule has 11 heteroatoms. The lowest BCUT2D eigenvalue weighted by molar-refractivity contribution is -0.138. The molecule has 0 radical (unpaired) electrons. The van der Waals surface area contributed by atoms with E-state index in [1.54, 1.807) is 18.0 Å². The molecule has 4 atom stereocenters. The zero-order valence-corrected chi connectivity index (χ0v) is 20.5. The van der Waals surface area contributed by atoms with Gasteiger partial charge in [-0.05, 0) is 44.6 Å². The SMILES string of the molecule is Cc1nc(-c2cnc3[nH]ccc3c2NC2C[C@@H]3CN(C(=O)[C@H](C)O)C[C@@H]3C2)sc1C(=O)NCCF. The van der Waals surface area contributed by atoms with Crippen molar-refractivity contribution in [3.8, 4) is 10.6 Å². The molecule has 35 heavy (non-hydrogen) atoms. The lowest BCUT2D eigenvalue weighted by Crippen LogP contribution is -2.37. The molecule has 2 amide bonds. The molecular weight excluding hydrogens is 471 g/mol. The number of aliphatic hydroxyl groups is 1. The minimum absolute atomic E-state index is 0.0283. The summed E-state index contributed by atoms with van der Waals surface area (Å²) < 4.78 is 12.5. The van der Waals surface area contributed by atoms with Gasteiger partial charge in [0, 0.05) is 43.5 Å². The molecule has 0 bridgehead atoms. The van der Waals surface area contributed by atoms with Crippen LogP contribution in [0.25, 0.3) is 21.6 Å². The second-order valence-electron chi connectivity index (χ2n) is 9.42. The molecule has 4 N–H and O–H groups in total. The predicted molar refractivity (Wildman–Crippen MR) is 132 cm³/mol. The number of nitrogens with zero attached hydrogens (tertiary/aromatic N) is 3. The summed E-state index contributed by atoms with van der Waals surface area (Å²) in [4.78, 5) is 39.2. The third-order valence-electron chi connectivity index (χ3n) is 6.97. The van der Waals surface area contributed by atoms with E-state index in [1.807, 2.05) is 12.3 Å². The number of H-pyrrole nitrogens is 1. The van der Waals surface area contributed by atoms with Crippen LogP contribution in [0.4, 0.5) is 10.1 Å². The smallest absolute Gasteiger partial charge is 0.263 e. The lowest BCUT2D eigenvalue weighted by Gasteiger charge is -2.22. The number of amides is 2. The van der Waals surface area contributed by atoms with Crippen molar-refractivity contribution in [2.75, 3.05) is 31.6 Å². The molecule has 0 aromatic carbocycles. The monoisotopic (exact) mass is 500 g/mol. The maximum absolute atomic E-state index is 12.5. The number of aromatic amines is 1. The first-order chi connectivity index (χ1) is 16.9. The Morgan fingerprint density at radius 2 is 2.09 bits per heavy atom. The fourth-order valence-corrected chi connectivity index (χ4v) is 6.35. The topological polar surface area (TPSA) is 123 Å². The second kappa shape index (κ2) is 9.54. The van der Waals surface area contributed by atoms with Gasteiger partial charge in [0.25, 0.3) is 11.8 Å². The Kier molecular flexibility index (Phi) is 6.45. The van der Waals surface area contributed by atoms with Gasteiger partial charge in [-0.2, -0.15) is 0 Å². The molecule has 3 aromatic rings. The minimum Gasteiger partial charge on any atom is -0.384 e. The largest absolute Gasteiger partial charge is 0.384 e. The van der Waals surface area contributed by atoms with Crippen molar-refractivity contribution < 1.29 is 19.1 Å². The third kappa shape index (κ3) is 4.50. The molecule has 2 aliphatic rings. The van der Waals surface area contributed by atoms with Gasteiger partial charge in [0.15, 0.2) is 0 Å². The van der Waals surface area contributed by atoms with E-state index >= 15 is 0 Å². The van der Waals surface area contributed by atoms with E-state index < -0.39 is 12.8 Å². The Balaban J connectivity index is 1.39. The molecule has 0 spiro atoms. The number of nitrogens with one attached hydrogen (secondary N) is 3. The number of aliphatic hydroxyl groups excluding tert-OH is 1. The Hall–Kier alpha value is -3.05. The number of halogens is 1. The van der Waals surface area contributed by atoms with Crippen molar-refractivity contribution in [1.29, 1.82) is 0 Å². The highest BCUT2D eigenvalue weighted by molar-refractivity contribution is 7.17. The summed E-state index contributed by atoms with van der Waals surface area (Å²) in [6.07, 6.45) is 4.50. The number of alkyl halides is 1. The first kappa shape index (κ1) is 23.7. The van der Waals surface area contributed by atoms with Crippen LogP contribution in [0, 0.1) is 18.8 Å². The van der Waals surface area contributed by atoms with Crippen LogP contribution in [0.3, 0.4) is 0 Å². The Bertz CT molecular complexity index is 1240. The Morgan fingerprint density at radius 1 is 1.34 bits per heavy atom. The number of fused-ring (bicyclic) bond motifs is 2. The molecular formula is C24H29FN6O3S. The molecule has 2 fully saturated rings. The number of anilines is 1. The number of hydrogen-bond donors (Lipinski definition) is 4. The van der Waals surface area contributed by atoms with Crippen molar-refractivity contribution in [3.63, 3.8) is 0 Å². The van der Waals surface area contributed by atoms with E-state index in [0.29, 0.717) is 40.5 Å². The van der Waals surface area contributed by atoms with Crippen LogP contribution < -0.4 is 10.6 Å². The molecule has 9 nitrogen and oxygen atoms in total. The molecule has 3 aromatic heterocycles. The number of pyridine rings is 1. The summed E-state index contributed by atoms with van der Waals surface area (Å²) in [6.45, 7) is 4.01. The number of rotatable bonds is 7. The van der Waals surface area contributed by atoms with Crippen LogP contribution in [0.5, 0.6) is 0 Å². The van der Waals surface area contributed by atoms with Gasteiger partial charge >= 0.3 is 0 Å². The normalized spacial score (nSPS) is 22.4. The number of likely N-dealkylation sites (tertiary alicyclic amines) is 1. The highest BCUT2D eigenvalue weighted by Crippen LogP contribution is 2.42. The number of carbonyl (C=O) groups excluding carboxylic acids is 2. The second-order valence-corrected chi connectivity index (χ2v) is 10.4. The number of aromatic nitrogens is 3. The quantitative estimate of drug-likeness (QED) is 0.396. The Labute approximate surface area is 206 Å². The summed E-state index contributed by atoms with van der Waals surface area (Å²) in [5, 5.41) is 17.6. The van der Waals surface area contributed by atoms with Crippen LogP contribution in [-0.4, -0.2) is 75.2 Å². The first-order valence-corrected chi connectivity index (χ1v) is 12.7. The molecule has 5 rings (SSSR count). The van der Waals surface area contributed by atoms with Gasteiger partial charge in [0.2, 0.25) is 0 Å². The highest BCUT2D eigenvalue weighted by atomic mass is 32.1. The lowest BCUT2D eigenvalue weighted by atomic mass is 10.0. The summed E-state index contributed by atoms with van der Waals surface area (Å²) in [5.41, 5.74) is 3.09. The molecule has 4 heterocycles. The van der Waals surface area contributed by atoms with Crippen molar-refractivity contribution in [3.05, 3.63) is 29.0 Å². The van der Waals surface area contributed by atoms with Crippen LogP contribution in [0.15, 0.2) is 18.5 Å². The van der Waals surface area contributed by atoms with Gasteiger partial charge in [0.05, 0.1) is 16.9 Å². The number of thiazole rings is 1. The van der Waals surface area contributed by atoms with Crippen molar-refractivity contribution >= 4 is 39.9 Å². The van der Waals surface area contributed by atoms with Crippen LogP contribution in [0.1, 0.15) is 35.1 Å². The van der Waals surface area contributed by atoms with Gasteiger partial charge < -0.3 is 25.6 Å². The van der Waals surface area contributed by atoms with E-state index in [9.17, 15) is 19.1 Å². The zero-order chi connectivity index (χ0) is 24.7. The molecule has 1 aliphatic heterocycles. The molecule has 1 saturated carbocycles. The van der Waals surface area contributed by atoms with E-state index in [1.165, 1.54) is 18.3 Å². The maximum atomic E-state index is 12.5. The third-order valence-corrected chi connectivity index (χ3v) is 8.16. The average Bonchev–Trinajstić information content (AvgIpc) is 3.60. The van der Waals surface area contributed by atoms with Crippen LogP contribution in [-0.2, 0) is 4.79 Å². The number of aryl methyl sites for hydroxylation is 1. The van der Waals surface area contributed by atoms with Gasteiger partial charge in [-0.15, -0.1) is 11.3 Å². The van der Waals surface area contributed by atoms with Crippen LogP contribution in [0.2, 0.25) is 0 Å². The number of hydrogen-bond acceptors (Lipinski definition) is 7. The number of carbonyl (C=O) groups is 2. The van der Waals surface area contributed by atoms with E-state index in [0.717, 1.165) is 35.1 Å². The average molecular weight is 501 g/mol. The summed E-state index contributed by atoms with van der Waals surface area (Å²) in [7, 11) is 0. The summed E-state index contributed by atoms with van der Waals surface area (Å²) >= 11 is 1.27. The van der Waals surface area contributed by atoms with Crippen molar-refractivity contribution in [2.24, 2.45) is 11.8 Å². The van der Waals surface area contributed by atoms with Crippen molar-refractivity contribution in [2.45, 2.75) is 38.8 Å². The van der Waals surface area contributed by atoms with Crippen LogP contribution >= 0.6 is 11.3 Å². The van der Waals surface area contributed by atoms with Gasteiger partial charge in [-0.25, -0.2) is 14.4 Å². The van der Waals surface area contributed by atoms with Crippen molar-refractivity contribution in [1.82, 2.24) is 25.2 Å². The predicted octanol–water partition coefficient (Wildman–Crippen LogP) is 2.72. The fraction of sp³-hybridized carbons (Fsp3) is 0.500.